The van der Waals surface area contributed by atoms with Crippen molar-refractivity contribution in [2.24, 2.45) is 0 Å². The molecule has 0 spiro atoms. The predicted molar refractivity (Wildman–Crippen MR) is 148 cm³/mol. The maximum atomic E-state index is 13.8. The van der Waals surface area contributed by atoms with Crippen LogP contribution in [0, 0.1) is 0 Å². The Morgan fingerprint density at radius 2 is 1.47 bits per heavy atom. The monoisotopic (exact) mass is 537 g/mol. The van der Waals surface area contributed by atoms with E-state index in [0.29, 0.717) is 11.4 Å². The van der Waals surface area contributed by atoms with E-state index < -0.39 is 28.5 Å². The van der Waals surface area contributed by atoms with Crippen molar-refractivity contribution in [2.75, 3.05) is 18.0 Å². The maximum Gasteiger partial charge on any atom is 0.264 e. The average molecular weight is 538 g/mol. The average Bonchev–Trinajstić information content (AvgIpc) is 2.95. The predicted octanol–water partition coefficient (Wildman–Crippen LogP) is 4.22. The third kappa shape index (κ3) is 7.13. The summed E-state index contributed by atoms with van der Waals surface area (Å²) in [6.45, 7) is 5.17. The van der Waals surface area contributed by atoms with Crippen LogP contribution >= 0.6 is 0 Å². The quantitative estimate of drug-likeness (QED) is 0.373. The second-order valence-electron chi connectivity index (χ2n) is 9.02. The largest absolute Gasteiger partial charge is 0.497 e. The van der Waals surface area contributed by atoms with Crippen LogP contribution in [0.15, 0.2) is 89.8 Å². The Morgan fingerprint density at radius 1 is 0.895 bits per heavy atom. The highest BCUT2D eigenvalue weighted by Crippen LogP contribution is 2.26. The van der Waals surface area contributed by atoms with Gasteiger partial charge in [0.05, 0.1) is 17.7 Å². The molecule has 0 radical (unpaired) electrons. The molecule has 0 saturated heterocycles. The summed E-state index contributed by atoms with van der Waals surface area (Å²) in [4.78, 5) is 28.4. The maximum absolute atomic E-state index is 13.8. The molecule has 8 nitrogen and oxygen atoms in total. The van der Waals surface area contributed by atoms with E-state index in [2.05, 4.69) is 5.32 Å². The lowest BCUT2D eigenvalue weighted by molar-refractivity contribution is -0.139. The first-order valence-electron chi connectivity index (χ1n) is 12.5. The van der Waals surface area contributed by atoms with Gasteiger partial charge in [-0.05, 0) is 62.2 Å². The molecular formula is C29H35N3O5S. The van der Waals surface area contributed by atoms with Crippen LogP contribution in [0.5, 0.6) is 5.75 Å². The summed E-state index contributed by atoms with van der Waals surface area (Å²) in [5.74, 6) is -0.250. The van der Waals surface area contributed by atoms with Crippen molar-refractivity contribution in [1.82, 2.24) is 10.2 Å². The lowest BCUT2D eigenvalue weighted by Crippen LogP contribution is -2.52. The number of sulfonamides is 1. The Labute approximate surface area is 225 Å². The minimum atomic E-state index is -4.10. The van der Waals surface area contributed by atoms with Crippen LogP contribution in [0.2, 0.25) is 0 Å². The Balaban J connectivity index is 2.00. The first kappa shape index (κ1) is 28.7. The first-order chi connectivity index (χ1) is 18.2. The molecule has 0 aliphatic carbocycles. The van der Waals surface area contributed by atoms with Gasteiger partial charge in [0.2, 0.25) is 11.8 Å². The summed E-state index contributed by atoms with van der Waals surface area (Å²) >= 11 is 0. The zero-order valence-corrected chi connectivity index (χ0v) is 23.0. The minimum absolute atomic E-state index is 0.0563. The fourth-order valence-corrected chi connectivity index (χ4v) is 5.26. The molecule has 3 rings (SSSR count). The fourth-order valence-electron chi connectivity index (χ4n) is 3.83. The highest BCUT2D eigenvalue weighted by atomic mass is 32.2. The molecule has 2 amide bonds. The highest BCUT2D eigenvalue weighted by Gasteiger charge is 2.32. The van der Waals surface area contributed by atoms with Crippen LogP contribution in [0.4, 0.5) is 5.69 Å². The van der Waals surface area contributed by atoms with Gasteiger partial charge in [-0.1, -0.05) is 55.5 Å². The summed E-state index contributed by atoms with van der Waals surface area (Å²) in [7, 11) is -2.58. The van der Waals surface area contributed by atoms with E-state index >= 15 is 0 Å². The number of ether oxygens (including phenoxy) is 1. The lowest BCUT2D eigenvalue weighted by Gasteiger charge is -2.32. The van der Waals surface area contributed by atoms with Gasteiger partial charge in [-0.3, -0.25) is 13.9 Å². The van der Waals surface area contributed by atoms with Gasteiger partial charge in [-0.2, -0.15) is 0 Å². The van der Waals surface area contributed by atoms with Crippen LogP contribution < -0.4 is 14.4 Å². The smallest absolute Gasteiger partial charge is 0.264 e. The molecule has 0 saturated carbocycles. The van der Waals surface area contributed by atoms with Crippen molar-refractivity contribution < 1.29 is 22.7 Å². The molecule has 9 heteroatoms. The first-order valence-corrected chi connectivity index (χ1v) is 14.0. The van der Waals surface area contributed by atoms with Crippen LogP contribution in [0.3, 0.4) is 0 Å². The van der Waals surface area contributed by atoms with E-state index in [4.69, 9.17) is 4.74 Å². The van der Waals surface area contributed by atoms with Crippen LogP contribution in [-0.4, -0.2) is 50.9 Å². The van der Waals surface area contributed by atoms with Gasteiger partial charge in [-0.15, -0.1) is 0 Å². The molecule has 0 heterocycles. The number of carbonyl (C=O) groups excluding carboxylic acids is 2. The number of nitrogens with one attached hydrogen (secondary N) is 1. The zero-order valence-electron chi connectivity index (χ0n) is 22.2. The topological polar surface area (TPSA) is 96.0 Å². The molecule has 202 valence electrons. The number of amides is 2. The summed E-state index contributed by atoms with van der Waals surface area (Å²) in [5.41, 5.74) is 1.13. The molecule has 3 aromatic carbocycles. The molecule has 1 N–H and O–H groups in total. The summed E-state index contributed by atoms with van der Waals surface area (Å²) < 4.78 is 33.8. The number of hydrogen-bond acceptors (Lipinski definition) is 5. The van der Waals surface area contributed by atoms with Crippen molar-refractivity contribution in [3.05, 3.63) is 90.5 Å². The van der Waals surface area contributed by atoms with Crippen molar-refractivity contribution in [3.63, 3.8) is 0 Å². The van der Waals surface area contributed by atoms with Gasteiger partial charge in [0.25, 0.3) is 10.0 Å². The van der Waals surface area contributed by atoms with Crippen molar-refractivity contribution >= 4 is 27.5 Å². The van der Waals surface area contributed by atoms with E-state index in [1.807, 2.05) is 44.2 Å². The summed E-state index contributed by atoms with van der Waals surface area (Å²) in [6.07, 6.45) is 0.742. The Bertz CT molecular complexity index is 1300. The van der Waals surface area contributed by atoms with Gasteiger partial charge in [0, 0.05) is 12.6 Å². The number of carbonyl (C=O) groups is 2. The Morgan fingerprint density at radius 3 is 2.03 bits per heavy atom. The second-order valence-corrected chi connectivity index (χ2v) is 10.9. The normalized spacial score (nSPS) is 12.7. The summed E-state index contributed by atoms with van der Waals surface area (Å²) in [6, 6.07) is 22.8. The molecule has 3 aromatic rings. The number of hydrogen-bond donors (Lipinski definition) is 1. The van der Waals surface area contributed by atoms with Crippen LogP contribution in [0.1, 0.15) is 32.8 Å². The van der Waals surface area contributed by atoms with Crippen LogP contribution in [0.25, 0.3) is 0 Å². The van der Waals surface area contributed by atoms with Gasteiger partial charge in [-0.25, -0.2) is 8.42 Å². The Hall–Kier alpha value is -3.85. The molecule has 38 heavy (non-hydrogen) atoms. The van der Waals surface area contributed by atoms with E-state index in [0.717, 1.165) is 16.3 Å². The van der Waals surface area contributed by atoms with Crippen molar-refractivity contribution in [1.29, 1.82) is 0 Å². The molecule has 2 atom stereocenters. The standard InChI is InChI=1S/C29H35N3O5S/c1-5-22(2)30-29(34)23(3)31(20-24-12-8-6-9-13-24)28(33)21-32(25-16-18-26(37-4)19-17-25)38(35,36)27-14-10-7-11-15-27/h6-19,22-23H,5,20-21H2,1-4H3,(H,30,34). The van der Waals surface area contributed by atoms with Gasteiger partial charge in [0.15, 0.2) is 0 Å². The number of anilines is 1. The van der Waals surface area contributed by atoms with Gasteiger partial charge >= 0.3 is 0 Å². The van der Waals surface area contributed by atoms with Crippen molar-refractivity contribution in [3.8, 4) is 5.75 Å². The third-order valence-electron chi connectivity index (χ3n) is 6.33. The molecule has 0 aromatic heterocycles. The molecule has 0 aliphatic rings. The van der Waals surface area contributed by atoms with Crippen LogP contribution in [-0.2, 0) is 26.2 Å². The van der Waals surface area contributed by atoms with Crippen molar-refractivity contribution in [2.45, 2.75) is 50.7 Å². The summed E-state index contributed by atoms with van der Waals surface area (Å²) in [5, 5.41) is 2.93. The zero-order chi connectivity index (χ0) is 27.7. The number of benzene rings is 3. The SMILES string of the molecule is CCC(C)NC(=O)C(C)N(Cc1ccccc1)C(=O)CN(c1ccc(OC)cc1)S(=O)(=O)c1ccccc1. The minimum Gasteiger partial charge on any atom is -0.497 e. The second kappa shape index (κ2) is 13.1. The molecule has 0 fully saturated rings. The van der Waals surface area contributed by atoms with E-state index in [1.165, 1.54) is 24.1 Å². The lowest BCUT2D eigenvalue weighted by atomic mass is 10.1. The van der Waals surface area contributed by atoms with Gasteiger partial charge in [0.1, 0.15) is 18.3 Å². The number of rotatable bonds is 12. The molecule has 0 bridgehead atoms. The Kier molecular flexibility index (Phi) is 9.90. The number of nitrogens with zero attached hydrogens (tertiary/aromatic N) is 2. The number of methoxy groups -OCH3 is 1. The van der Waals surface area contributed by atoms with E-state index in [-0.39, 0.29) is 23.4 Å². The molecular weight excluding hydrogens is 502 g/mol. The molecule has 0 aliphatic heterocycles. The van der Waals surface area contributed by atoms with E-state index in [1.54, 1.807) is 49.4 Å². The molecule has 2 unspecified atom stereocenters. The van der Waals surface area contributed by atoms with Gasteiger partial charge < -0.3 is 15.0 Å². The fraction of sp³-hybridized carbons (Fsp3) is 0.310. The van der Waals surface area contributed by atoms with E-state index in [9.17, 15) is 18.0 Å². The third-order valence-corrected chi connectivity index (χ3v) is 8.12. The highest BCUT2D eigenvalue weighted by molar-refractivity contribution is 7.92.